The first-order valence-electron chi connectivity index (χ1n) is 10.5. The number of carbonyl (C=O) groups is 1. The van der Waals surface area contributed by atoms with Crippen LogP contribution in [-0.2, 0) is 9.53 Å². The number of esters is 1. The summed E-state index contributed by atoms with van der Waals surface area (Å²) in [7, 11) is 0. The molecule has 0 heterocycles. The van der Waals surface area contributed by atoms with Crippen LogP contribution in [0.3, 0.4) is 0 Å². The largest absolute Gasteiger partial charge is 0.455 e. The van der Waals surface area contributed by atoms with Gasteiger partial charge in [-0.3, -0.25) is 4.79 Å². The van der Waals surface area contributed by atoms with E-state index in [4.69, 9.17) is 11.2 Å². The number of hydrogen-bond acceptors (Lipinski definition) is 5. The third-order valence-electron chi connectivity index (χ3n) is 8.85. The van der Waals surface area contributed by atoms with Crippen molar-refractivity contribution in [1.29, 1.82) is 0 Å². The fourth-order valence-corrected chi connectivity index (χ4v) is 7.25. The summed E-state index contributed by atoms with van der Waals surface area (Å²) in [6, 6.07) is 0. The smallest absolute Gasteiger partial charge is 0.303 e. The van der Waals surface area contributed by atoms with Gasteiger partial charge in [-0.15, -0.1) is 6.42 Å². The molecule has 5 nitrogen and oxygen atoms in total. The molecular formula is C23H32O5. The SMILES string of the molecule is C#CC1(O)CC[C@H]2[C@@H]3C(O)C=C4C(OC(C)=O)C(O)CC[C@]4(C)[C@@H]3CC[C@@]21C. The van der Waals surface area contributed by atoms with Gasteiger partial charge in [0.15, 0.2) is 0 Å². The van der Waals surface area contributed by atoms with Crippen molar-refractivity contribution in [1.82, 2.24) is 0 Å². The molecule has 4 aliphatic carbocycles. The normalized spacial score (nSPS) is 52.5. The predicted octanol–water partition coefficient (Wildman–Crippen LogP) is 2.19. The standard InChI is InChI=1S/C23H32O5/c1-5-23(27)11-7-15-19-14(6-10-22(15,23)4)21(3)9-8-17(25)20(28-13(2)24)16(21)12-18(19)26/h1,12,14-15,17-20,25-27H,6-11H2,2-4H3/t14-,15+,17?,18?,19-,20?,21-,22+,23?/m1/s1. The lowest BCUT2D eigenvalue weighted by molar-refractivity contribution is -0.160. The number of fused-ring (bicyclic) bond motifs is 5. The van der Waals surface area contributed by atoms with Gasteiger partial charge >= 0.3 is 5.97 Å². The van der Waals surface area contributed by atoms with Crippen LogP contribution in [-0.4, -0.2) is 45.2 Å². The summed E-state index contributed by atoms with van der Waals surface area (Å²) in [6.45, 7) is 5.63. The summed E-state index contributed by atoms with van der Waals surface area (Å²) >= 11 is 0. The number of aliphatic hydroxyl groups is 3. The van der Waals surface area contributed by atoms with Crippen LogP contribution < -0.4 is 0 Å². The average Bonchev–Trinajstić information content (AvgIpc) is 2.91. The highest BCUT2D eigenvalue weighted by Gasteiger charge is 2.65. The zero-order chi connectivity index (χ0) is 20.5. The Bertz CT molecular complexity index is 753. The number of ether oxygens (including phenoxy) is 1. The molecule has 0 aromatic rings. The van der Waals surface area contributed by atoms with Crippen LogP contribution in [0.25, 0.3) is 0 Å². The maximum absolute atomic E-state index is 11.6. The monoisotopic (exact) mass is 388 g/mol. The van der Waals surface area contributed by atoms with Crippen molar-refractivity contribution in [2.45, 2.75) is 83.2 Å². The predicted molar refractivity (Wildman–Crippen MR) is 104 cm³/mol. The Morgan fingerprint density at radius 2 is 1.86 bits per heavy atom. The summed E-state index contributed by atoms with van der Waals surface area (Å²) in [4.78, 5) is 11.6. The van der Waals surface area contributed by atoms with E-state index < -0.39 is 35.3 Å². The topological polar surface area (TPSA) is 87.0 Å². The summed E-state index contributed by atoms with van der Waals surface area (Å²) in [5.74, 6) is 2.62. The Morgan fingerprint density at radius 3 is 2.50 bits per heavy atom. The average molecular weight is 389 g/mol. The number of aliphatic hydroxyl groups excluding tert-OH is 2. The van der Waals surface area contributed by atoms with Gasteiger partial charge in [-0.05, 0) is 67.3 Å². The highest BCUT2D eigenvalue weighted by Crippen LogP contribution is 2.67. The van der Waals surface area contributed by atoms with Crippen molar-refractivity contribution < 1.29 is 24.9 Å². The van der Waals surface area contributed by atoms with E-state index in [1.165, 1.54) is 6.92 Å². The maximum Gasteiger partial charge on any atom is 0.303 e. The molecule has 0 bridgehead atoms. The van der Waals surface area contributed by atoms with Gasteiger partial charge in [0.25, 0.3) is 0 Å². The molecular weight excluding hydrogens is 356 g/mol. The molecule has 0 amide bonds. The molecule has 5 heteroatoms. The fraction of sp³-hybridized carbons (Fsp3) is 0.783. The summed E-state index contributed by atoms with van der Waals surface area (Å²) < 4.78 is 5.49. The molecule has 0 radical (unpaired) electrons. The van der Waals surface area contributed by atoms with E-state index in [-0.39, 0.29) is 23.2 Å². The number of carbonyl (C=O) groups excluding carboxylic acids is 1. The number of rotatable bonds is 1. The van der Waals surface area contributed by atoms with Crippen molar-refractivity contribution in [2.75, 3.05) is 0 Å². The Labute approximate surface area is 167 Å². The molecule has 4 rings (SSSR count). The molecule has 3 N–H and O–H groups in total. The van der Waals surface area contributed by atoms with Gasteiger partial charge in [-0.2, -0.15) is 0 Å². The van der Waals surface area contributed by atoms with Crippen LogP contribution in [0.15, 0.2) is 11.6 Å². The lowest BCUT2D eigenvalue weighted by Crippen LogP contribution is -2.59. The highest BCUT2D eigenvalue weighted by molar-refractivity contribution is 5.66. The summed E-state index contributed by atoms with van der Waals surface area (Å²) in [6.07, 6.45) is 9.86. The van der Waals surface area contributed by atoms with Crippen molar-refractivity contribution >= 4 is 5.97 Å². The van der Waals surface area contributed by atoms with Crippen molar-refractivity contribution in [2.24, 2.45) is 28.6 Å². The van der Waals surface area contributed by atoms with Crippen molar-refractivity contribution in [3.05, 3.63) is 11.6 Å². The van der Waals surface area contributed by atoms with Gasteiger partial charge in [0.1, 0.15) is 11.7 Å². The second kappa shape index (κ2) is 6.32. The van der Waals surface area contributed by atoms with Gasteiger partial charge in [0, 0.05) is 12.3 Å². The Morgan fingerprint density at radius 1 is 1.18 bits per heavy atom. The third-order valence-corrected chi connectivity index (χ3v) is 8.85. The summed E-state index contributed by atoms with van der Waals surface area (Å²) in [5, 5.41) is 32.7. The van der Waals surface area contributed by atoms with Gasteiger partial charge in [-0.25, -0.2) is 0 Å². The van der Waals surface area contributed by atoms with Gasteiger partial charge < -0.3 is 20.1 Å². The molecule has 0 aromatic carbocycles. The van der Waals surface area contributed by atoms with Crippen molar-refractivity contribution in [3.63, 3.8) is 0 Å². The Kier molecular flexibility index (Phi) is 4.50. The molecule has 0 aliphatic heterocycles. The number of terminal acetylenes is 1. The van der Waals surface area contributed by atoms with Gasteiger partial charge in [0.2, 0.25) is 0 Å². The van der Waals surface area contributed by atoms with E-state index >= 15 is 0 Å². The van der Waals surface area contributed by atoms with Gasteiger partial charge in [0.05, 0.1) is 12.2 Å². The maximum atomic E-state index is 11.6. The summed E-state index contributed by atoms with van der Waals surface area (Å²) in [5.41, 5.74) is -0.878. The molecule has 0 aromatic heterocycles. The first-order chi connectivity index (χ1) is 13.1. The molecule has 3 saturated carbocycles. The van der Waals surface area contributed by atoms with E-state index in [1.807, 2.05) is 6.08 Å². The fourth-order valence-electron chi connectivity index (χ4n) is 7.25. The minimum Gasteiger partial charge on any atom is -0.455 e. The van der Waals surface area contributed by atoms with E-state index in [9.17, 15) is 20.1 Å². The van der Waals surface area contributed by atoms with Crippen LogP contribution in [0.1, 0.15) is 59.3 Å². The zero-order valence-electron chi connectivity index (χ0n) is 17.0. The zero-order valence-corrected chi connectivity index (χ0v) is 17.0. The van der Waals surface area contributed by atoms with Gasteiger partial charge in [-0.1, -0.05) is 25.8 Å². The van der Waals surface area contributed by atoms with Crippen LogP contribution in [0.5, 0.6) is 0 Å². The molecule has 0 saturated heterocycles. The second-order valence-electron chi connectivity index (χ2n) is 9.96. The molecule has 3 fully saturated rings. The third kappa shape index (κ3) is 2.47. The lowest BCUT2D eigenvalue weighted by atomic mass is 9.46. The first kappa shape index (κ1) is 19.9. The van der Waals surface area contributed by atoms with E-state index in [2.05, 4.69) is 19.8 Å². The Hall–Kier alpha value is -1.35. The van der Waals surface area contributed by atoms with E-state index in [0.717, 1.165) is 31.3 Å². The highest BCUT2D eigenvalue weighted by atomic mass is 16.6. The van der Waals surface area contributed by atoms with Crippen molar-refractivity contribution in [3.8, 4) is 12.3 Å². The second-order valence-corrected chi connectivity index (χ2v) is 9.96. The molecule has 28 heavy (non-hydrogen) atoms. The van der Waals surface area contributed by atoms with Crippen LogP contribution in [0.2, 0.25) is 0 Å². The minimum absolute atomic E-state index is 0.0168. The van der Waals surface area contributed by atoms with E-state index in [1.54, 1.807) is 0 Å². The first-order valence-corrected chi connectivity index (χ1v) is 10.5. The minimum atomic E-state index is -1.11. The molecule has 154 valence electrons. The van der Waals surface area contributed by atoms with Crippen LogP contribution in [0.4, 0.5) is 0 Å². The van der Waals surface area contributed by atoms with Crippen LogP contribution in [0, 0.1) is 40.9 Å². The molecule has 0 spiro atoms. The molecule has 4 unspecified atom stereocenters. The molecule has 4 aliphatic rings. The quantitative estimate of drug-likeness (QED) is 0.364. The van der Waals surface area contributed by atoms with E-state index in [0.29, 0.717) is 12.8 Å². The molecule has 9 atom stereocenters. The van der Waals surface area contributed by atoms with Crippen LogP contribution >= 0.6 is 0 Å². The Balaban J connectivity index is 1.75. The lowest BCUT2D eigenvalue weighted by Gasteiger charge is -2.60. The number of hydrogen-bond donors (Lipinski definition) is 3.